The van der Waals surface area contributed by atoms with Crippen molar-refractivity contribution >= 4 is 11.7 Å². The molecule has 4 saturated carbocycles. The molecule has 4 aliphatic carbocycles. The Morgan fingerprint density at radius 3 is 2.00 bits per heavy atom. The fourth-order valence-corrected chi connectivity index (χ4v) is 5.90. The minimum absolute atomic E-state index is 0.0835. The van der Waals surface area contributed by atoms with Gasteiger partial charge in [-0.25, -0.2) is 4.79 Å². The second kappa shape index (κ2) is 5.71. The summed E-state index contributed by atoms with van der Waals surface area (Å²) in [7, 11) is 0. The van der Waals surface area contributed by atoms with Crippen LogP contribution in [0.1, 0.15) is 45.4 Å². The number of rotatable bonds is 3. The third-order valence-electron chi connectivity index (χ3n) is 6.68. The summed E-state index contributed by atoms with van der Waals surface area (Å²) in [5.74, 6) is 0.945. The summed E-state index contributed by atoms with van der Waals surface area (Å²) in [5.41, 5.74) is 0.453. The van der Waals surface area contributed by atoms with Gasteiger partial charge in [-0.05, 0) is 68.6 Å². The van der Waals surface area contributed by atoms with E-state index in [1.807, 2.05) is 0 Å². The fourth-order valence-electron chi connectivity index (χ4n) is 5.90. The maximum absolute atomic E-state index is 12.4. The zero-order chi connectivity index (χ0) is 17.8. The van der Waals surface area contributed by atoms with Crippen molar-refractivity contribution in [2.24, 2.45) is 23.2 Å². The number of anilines is 1. The molecule has 0 aliphatic heterocycles. The Morgan fingerprint density at radius 2 is 1.52 bits per heavy atom. The van der Waals surface area contributed by atoms with E-state index in [1.165, 1.54) is 50.7 Å². The van der Waals surface area contributed by atoms with Crippen molar-refractivity contribution in [1.29, 1.82) is 0 Å². The number of phenols is 3. The van der Waals surface area contributed by atoms with Crippen LogP contribution >= 0.6 is 0 Å². The average Bonchev–Trinajstić information content (AvgIpc) is 2.51. The lowest BCUT2D eigenvalue weighted by molar-refractivity contribution is -0.0679. The molecule has 1 aromatic rings. The maximum atomic E-state index is 12.4. The largest absolute Gasteiger partial charge is 0.504 e. The third-order valence-corrected chi connectivity index (χ3v) is 6.68. The predicted molar refractivity (Wildman–Crippen MR) is 93.7 cm³/mol. The quantitative estimate of drug-likeness (QED) is 0.427. The molecule has 6 heteroatoms. The Balaban J connectivity index is 1.43. The molecule has 4 bridgehead atoms. The van der Waals surface area contributed by atoms with Gasteiger partial charge in [0.25, 0.3) is 0 Å². The lowest BCUT2D eigenvalue weighted by Crippen LogP contribution is -2.56. The Morgan fingerprint density at radius 1 is 1.04 bits per heavy atom. The van der Waals surface area contributed by atoms with Gasteiger partial charge in [-0.2, -0.15) is 0 Å². The normalized spacial score (nSPS) is 33.9. The Kier molecular flexibility index (Phi) is 3.74. The van der Waals surface area contributed by atoms with Crippen LogP contribution in [0.5, 0.6) is 17.2 Å². The number of urea groups is 1. The standard InChI is InChI=1S/C19H26N2O4/c1-10(19-7-11-2-12(8-19)4-13(3-11)9-19)20-18(25)21-14-5-15(22)17(24)16(23)6-14/h5-6,10-13,22-24H,2-4,7-9H2,1H3,(H2,20,21,25). The fraction of sp³-hybridized carbons (Fsp3) is 0.632. The van der Waals surface area contributed by atoms with Gasteiger partial charge in [0.2, 0.25) is 0 Å². The number of carbonyl (C=O) groups is 1. The molecule has 25 heavy (non-hydrogen) atoms. The van der Waals surface area contributed by atoms with E-state index in [0.717, 1.165) is 17.8 Å². The van der Waals surface area contributed by atoms with Crippen LogP contribution in [-0.2, 0) is 0 Å². The minimum Gasteiger partial charge on any atom is -0.504 e. The number of nitrogens with one attached hydrogen (secondary N) is 2. The molecule has 5 rings (SSSR count). The number of aromatic hydroxyl groups is 3. The van der Waals surface area contributed by atoms with Crippen molar-refractivity contribution < 1.29 is 20.1 Å². The molecule has 6 nitrogen and oxygen atoms in total. The molecule has 2 amide bonds. The van der Waals surface area contributed by atoms with Crippen LogP contribution in [-0.4, -0.2) is 27.4 Å². The maximum Gasteiger partial charge on any atom is 0.319 e. The van der Waals surface area contributed by atoms with E-state index in [-0.39, 0.29) is 23.2 Å². The number of amides is 2. The van der Waals surface area contributed by atoms with Crippen LogP contribution in [0.3, 0.4) is 0 Å². The van der Waals surface area contributed by atoms with Gasteiger partial charge in [-0.1, -0.05) is 0 Å². The Bertz CT molecular complexity index is 644. The highest BCUT2D eigenvalue weighted by Gasteiger charge is 2.53. The second-order valence-electron chi connectivity index (χ2n) is 8.46. The van der Waals surface area contributed by atoms with E-state index in [4.69, 9.17) is 0 Å². The summed E-state index contributed by atoms with van der Waals surface area (Å²) in [5, 5.41) is 34.2. The topological polar surface area (TPSA) is 102 Å². The highest BCUT2D eigenvalue weighted by molar-refractivity contribution is 5.90. The highest BCUT2D eigenvalue weighted by atomic mass is 16.3. The van der Waals surface area contributed by atoms with Gasteiger partial charge >= 0.3 is 6.03 Å². The molecule has 0 spiro atoms. The van der Waals surface area contributed by atoms with Crippen LogP contribution in [0.4, 0.5) is 10.5 Å². The first kappa shape index (κ1) is 16.4. The van der Waals surface area contributed by atoms with E-state index in [2.05, 4.69) is 17.6 Å². The van der Waals surface area contributed by atoms with Crippen molar-refractivity contribution in [3.05, 3.63) is 12.1 Å². The lowest BCUT2D eigenvalue weighted by atomic mass is 9.48. The van der Waals surface area contributed by atoms with E-state index in [1.54, 1.807) is 0 Å². The Hall–Kier alpha value is -2.11. The first-order valence-corrected chi connectivity index (χ1v) is 9.17. The molecule has 1 unspecified atom stereocenters. The first-order valence-electron chi connectivity index (χ1n) is 9.17. The third kappa shape index (κ3) is 2.87. The molecule has 0 heterocycles. The van der Waals surface area contributed by atoms with Gasteiger partial charge in [-0.15, -0.1) is 0 Å². The molecule has 1 atom stereocenters. The van der Waals surface area contributed by atoms with Crippen LogP contribution < -0.4 is 10.6 Å². The van der Waals surface area contributed by atoms with Crippen LogP contribution in [0.25, 0.3) is 0 Å². The van der Waals surface area contributed by atoms with Crippen molar-refractivity contribution in [3.8, 4) is 17.2 Å². The number of hydrogen-bond donors (Lipinski definition) is 5. The average molecular weight is 346 g/mol. The molecule has 1 aromatic carbocycles. The molecule has 0 saturated heterocycles. The van der Waals surface area contributed by atoms with Gasteiger partial charge in [0.15, 0.2) is 17.2 Å². The molecule has 0 radical (unpaired) electrons. The molecule has 136 valence electrons. The summed E-state index contributed by atoms with van der Waals surface area (Å²) < 4.78 is 0. The second-order valence-corrected chi connectivity index (χ2v) is 8.46. The number of hydrogen-bond acceptors (Lipinski definition) is 4. The van der Waals surface area contributed by atoms with Crippen LogP contribution in [0, 0.1) is 23.2 Å². The van der Waals surface area contributed by atoms with Gasteiger partial charge in [0.1, 0.15) is 0 Å². The predicted octanol–water partition coefficient (Wildman–Crippen LogP) is 3.53. The molecule has 5 N–H and O–H groups in total. The number of carbonyl (C=O) groups excluding carboxylic acids is 1. The van der Waals surface area contributed by atoms with E-state index in [0.29, 0.717) is 0 Å². The Labute approximate surface area is 147 Å². The monoisotopic (exact) mass is 346 g/mol. The zero-order valence-electron chi connectivity index (χ0n) is 14.5. The molecular formula is C19H26N2O4. The minimum atomic E-state index is -0.590. The summed E-state index contributed by atoms with van der Waals surface area (Å²) in [4.78, 5) is 12.4. The SMILES string of the molecule is CC(NC(=O)Nc1cc(O)c(O)c(O)c1)C12CC3CC(CC(C3)C1)C2. The van der Waals surface area contributed by atoms with Gasteiger partial charge in [0.05, 0.1) is 5.69 Å². The summed E-state index contributed by atoms with van der Waals surface area (Å²) in [6, 6.07) is 2.15. The van der Waals surface area contributed by atoms with Gasteiger partial charge in [-0.3, -0.25) is 0 Å². The van der Waals surface area contributed by atoms with Crippen molar-refractivity contribution in [3.63, 3.8) is 0 Å². The van der Waals surface area contributed by atoms with Crippen molar-refractivity contribution in [2.75, 3.05) is 5.32 Å². The summed E-state index contributed by atoms with van der Waals surface area (Å²) >= 11 is 0. The van der Waals surface area contributed by atoms with Crippen molar-refractivity contribution in [2.45, 2.75) is 51.5 Å². The van der Waals surface area contributed by atoms with E-state index in [9.17, 15) is 20.1 Å². The number of phenolic OH excluding ortho intramolecular Hbond substituents is 3. The van der Waals surface area contributed by atoms with Crippen LogP contribution in [0.2, 0.25) is 0 Å². The summed E-state index contributed by atoms with van der Waals surface area (Å²) in [6.45, 7) is 2.10. The molecule has 4 aliphatic rings. The first-order chi connectivity index (χ1) is 11.8. The zero-order valence-corrected chi connectivity index (χ0v) is 14.5. The van der Waals surface area contributed by atoms with Gasteiger partial charge in [0, 0.05) is 18.2 Å². The van der Waals surface area contributed by atoms with Gasteiger partial charge < -0.3 is 26.0 Å². The number of benzene rings is 1. The lowest BCUT2D eigenvalue weighted by Gasteiger charge is -2.59. The molecule has 0 aromatic heterocycles. The van der Waals surface area contributed by atoms with E-state index < -0.39 is 17.2 Å². The smallest absolute Gasteiger partial charge is 0.319 e. The highest BCUT2D eigenvalue weighted by Crippen LogP contribution is 2.61. The molecule has 4 fully saturated rings. The van der Waals surface area contributed by atoms with E-state index >= 15 is 0 Å². The molecular weight excluding hydrogens is 320 g/mol. The van der Waals surface area contributed by atoms with Crippen LogP contribution in [0.15, 0.2) is 12.1 Å². The van der Waals surface area contributed by atoms with Crippen molar-refractivity contribution in [1.82, 2.24) is 5.32 Å². The summed E-state index contributed by atoms with van der Waals surface area (Å²) in [6.07, 6.45) is 7.72.